The third-order valence-corrected chi connectivity index (χ3v) is 7.70. The monoisotopic (exact) mass is 489 g/mol. The van der Waals surface area contributed by atoms with Crippen molar-refractivity contribution < 1.29 is 8.42 Å². The summed E-state index contributed by atoms with van der Waals surface area (Å²) in [5.74, 6) is 0. The van der Waals surface area contributed by atoms with Crippen LogP contribution in [0.3, 0.4) is 0 Å². The first-order valence-electron chi connectivity index (χ1n) is 11.0. The number of hydrogen-bond acceptors (Lipinski definition) is 4. The predicted molar refractivity (Wildman–Crippen MR) is 135 cm³/mol. The van der Waals surface area contributed by atoms with E-state index in [2.05, 4.69) is 10.6 Å². The van der Waals surface area contributed by atoms with Crippen molar-refractivity contribution >= 4 is 45.6 Å². The van der Waals surface area contributed by atoms with E-state index in [0.717, 1.165) is 43.2 Å². The van der Waals surface area contributed by atoms with Gasteiger partial charge in [0.15, 0.2) is 0 Å². The van der Waals surface area contributed by atoms with Gasteiger partial charge in [-0.3, -0.25) is 0 Å². The molecule has 2 N–H and O–H groups in total. The second kappa shape index (κ2) is 14.3. The molecule has 0 saturated heterocycles. The largest absolute Gasteiger partial charge is 0.315 e. The number of halogens is 2. The number of rotatable bonds is 11. The molecule has 0 amide bonds. The second-order valence-corrected chi connectivity index (χ2v) is 10.1. The third kappa shape index (κ3) is 8.52. The van der Waals surface area contributed by atoms with Crippen molar-refractivity contribution in [2.45, 2.75) is 55.9 Å². The first-order valence-corrected chi connectivity index (χ1v) is 12.4. The Morgan fingerprint density at radius 3 is 2.35 bits per heavy atom. The van der Waals surface area contributed by atoms with Crippen molar-refractivity contribution in [1.29, 1.82) is 0 Å². The number of benzene rings is 2. The fourth-order valence-electron chi connectivity index (χ4n) is 4.01. The Hall–Kier alpha value is -0.890. The molecule has 0 unspecified atom stereocenters. The summed E-state index contributed by atoms with van der Waals surface area (Å²) in [5, 5.41) is 9.10. The van der Waals surface area contributed by atoms with Crippen molar-refractivity contribution in [2.75, 3.05) is 33.2 Å². The highest BCUT2D eigenvalue weighted by Gasteiger charge is 2.20. The highest BCUT2D eigenvalue weighted by atomic mass is 35.5. The summed E-state index contributed by atoms with van der Waals surface area (Å²) in [4.78, 5) is 0.366. The Kier molecular flexibility index (Phi) is 13.0. The van der Waals surface area contributed by atoms with Gasteiger partial charge in [0.1, 0.15) is 0 Å². The van der Waals surface area contributed by atoms with Gasteiger partial charge in [0.2, 0.25) is 10.0 Å². The van der Waals surface area contributed by atoms with Gasteiger partial charge in [-0.1, -0.05) is 49.6 Å². The standard InChI is InChI=1S/C23H35N3O2S.2ClH/c1-26(18-8-7-15-24-16-17-25-22-11-3-2-4-12-22)29(27,28)23-14-13-20-9-5-6-10-21(20)19-23;;/h5-6,9-10,13-14,19,22,24-25H,2-4,7-8,11-12,15-18H2,1H3;2*1H. The number of fused-ring (bicyclic) bond motifs is 1. The van der Waals surface area contributed by atoms with Gasteiger partial charge in [0, 0.05) is 32.7 Å². The highest BCUT2D eigenvalue weighted by molar-refractivity contribution is 7.89. The van der Waals surface area contributed by atoms with Crippen LogP contribution in [0.25, 0.3) is 10.8 Å². The quantitative estimate of drug-likeness (QED) is 0.452. The van der Waals surface area contributed by atoms with Crippen LogP contribution in [0, 0.1) is 0 Å². The molecule has 31 heavy (non-hydrogen) atoms. The predicted octanol–water partition coefficient (Wildman–Crippen LogP) is 4.60. The average molecular weight is 491 g/mol. The maximum atomic E-state index is 12.8. The van der Waals surface area contributed by atoms with Crippen LogP contribution < -0.4 is 10.6 Å². The zero-order valence-corrected chi connectivity index (χ0v) is 20.8. The second-order valence-electron chi connectivity index (χ2n) is 8.08. The molecular formula is C23H37Cl2N3O2S. The van der Waals surface area contributed by atoms with Crippen molar-refractivity contribution in [3.63, 3.8) is 0 Å². The molecule has 1 aliphatic carbocycles. The summed E-state index contributed by atoms with van der Waals surface area (Å²) in [6, 6.07) is 13.9. The van der Waals surface area contributed by atoms with E-state index in [9.17, 15) is 8.42 Å². The first-order chi connectivity index (χ1) is 14.1. The average Bonchev–Trinajstić information content (AvgIpc) is 2.75. The molecule has 1 saturated carbocycles. The molecule has 1 fully saturated rings. The topological polar surface area (TPSA) is 61.4 Å². The van der Waals surface area contributed by atoms with Gasteiger partial charge < -0.3 is 10.6 Å². The minimum absolute atomic E-state index is 0. The number of nitrogens with zero attached hydrogens (tertiary/aromatic N) is 1. The van der Waals surface area contributed by atoms with E-state index in [0.29, 0.717) is 17.5 Å². The molecule has 2 aromatic carbocycles. The molecule has 0 aromatic heterocycles. The SMILES string of the molecule is CN(CCCCNCCNC1CCCCC1)S(=O)(=O)c1ccc2ccccc2c1.Cl.Cl. The lowest BCUT2D eigenvalue weighted by atomic mass is 9.95. The van der Waals surface area contributed by atoms with Crippen LogP contribution in [0.5, 0.6) is 0 Å². The van der Waals surface area contributed by atoms with Crippen molar-refractivity contribution in [3.05, 3.63) is 42.5 Å². The molecule has 5 nitrogen and oxygen atoms in total. The fourth-order valence-corrected chi connectivity index (χ4v) is 5.25. The molecule has 0 bridgehead atoms. The van der Waals surface area contributed by atoms with Gasteiger partial charge in [0.25, 0.3) is 0 Å². The molecule has 0 radical (unpaired) electrons. The van der Waals surface area contributed by atoms with E-state index in [-0.39, 0.29) is 24.8 Å². The lowest BCUT2D eigenvalue weighted by Gasteiger charge is -2.22. The molecule has 0 spiro atoms. The maximum absolute atomic E-state index is 12.8. The summed E-state index contributed by atoms with van der Waals surface area (Å²) in [6.07, 6.45) is 8.58. The Labute approximate surface area is 200 Å². The van der Waals surface area contributed by atoms with Gasteiger partial charge in [-0.2, -0.15) is 0 Å². The van der Waals surface area contributed by atoms with Crippen LogP contribution in [0.2, 0.25) is 0 Å². The van der Waals surface area contributed by atoms with E-state index in [1.165, 1.54) is 36.4 Å². The van der Waals surface area contributed by atoms with Gasteiger partial charge in [-0.15, -0.1) is 24.8 Å². The van der Waals surface area contributed by atoms with E-state index >= 15 is 0 Å². The Morgan fingerprint density at radius 2 is 1.61 bits per heavy atom. The highest BCUT2D eigenvalue weighted by Crippen LogP contribution is 2.21. The molecule has 176 valence electrons. The molecule has 0 heterocycles. The van der Waals surface area contributed by atoms with E-state index in [1.54, 1.807) is 19.2 Å². The number of hydrogen-bond donors (Lipinski definition) is 2. The van der Waals surface area contributed by atoms with Crippen LogP contribution >= 0.6 is 24.8 Å². The van der Waals surface area contributed by atoms with E-state index in [1.807, 2.05) is 30.3 Å². The van der Waals surface area contributed by atoms with Crippen molar-refractivity contribution in [3.8, 4) is 0 Å². The van der Waals surface area contributed by atoms with Crippen LogP contribution in [0.1, 0.15) is 44.9 Å². The summed E-state index contributed by atoms with van der Waals surface area (Å²) in [6.45, 7) is 3.45. The van der Waals surface area contributed by atoms with Gasteiger partial charge in [0.05, 0.1) is 4.90 Å². The normalized spacial score (nSPS) is 14.9. The minimum Gasteiger partial charge on any atom is -0.315 e. The minimum atomic E-state index is -3.44. The summed E-state index contributed by atoms with van der Waals surface area (Å²) >= 11 is 0. The van der Waals surface area contributed by atoms with Crippen LogP contribution in [-0.4, -0.2) is 52.0 Å². The Morgan fingerprint density at radius 1 is 0.903 bits per heavy atom. The van der Waals surface area contributed by atoms with Gasteiger partial charge >= 0.3 is 0 Å². The van der Waals surface area contributed by atoms with Crippen LogP contribution in [0.4, 0.5) is 0 Å². The molecule has 3 rings (SSSR count). The van der Waals surface area contributed by atoms with E-state index < -0.39 is 10.0 Å². The first kappa shape index (κ1) is 28.1. The fraction of sp³-hybridized carbons (Fsp3) is 0.565. The van der Waals surface area contributed by atoms with Gasteiger partial charge in [-0.05, 0) is 55.1 Å². The summed E-state index contributed by atoms with van der Waals surface area (Å²) in [7, 11) is -1.77. The molecule has 0 atom stereocenters. The summed E-state index contributed by atoms with van der Waals surface area (Å²) in [5.41, 5.74) is 0. The van der Waals surface area contributed by atoms with Crippen molar-refractivity contribution in [2.24, 2.45) is 0 Å². The molecule has 2 aromatic rings. The van der Waals surface area contributed by atoms with Crippen molar-refractivity contribution in [1.82, 2.24) is 14.9 Å². The lowest BCUT2D eigenvalue weighted by Crippen LogP contribution is -2.36. The summed E-state index contributed by atoms with van der Waals surface area (Å²) < 4.78 is 27.1. The smallest absolute Gasteiger partial charge is 0.242 e. The zero-order chi connectivity index (χ0) is 20.5. The third-order valence-electron chi connectivity index (χ3n) is 5.85. The lowest BCUT2D eigenvalue weighted by molar-refractivity contribution is 0.372. The molecule has 0 aliphatic heterocycles. The number of unbranched alkanes of at least 4 members (excludes halogenated alkanes) is 1. The molecule has 8 heteroatoms. The number of sulfonamides is 1. The van der Waals surface area contributed by atoms with E-state index in [4.69, 9.17) is 0 Å². The molecule has 1 aliphatic rings. The maximum Gasteiger partial charge on any atom is 0.242 e. The van der Waals surface area contributed by atoms with Crippen LogP contribution in [-0.2, 0) is 10.0 Å². The van der Waals surface area contributed by atoms with Gasteiger partial charge in [-0.25, -0.2) is 12.7 Å². The Bertz CT molecular complexity index is 874. The number of nitrogens with one attached hydrogen (secondary N) is 2. The zero-order valence-electron chi connectivity index (χ0n) is 18.4. The Balaban J connectivity index is 0.00000240. The van der Waals surface area contributed by atoms with Crippen LogP contribution in [0.15, 0.2) is 47.4 Å². The molecular weight excluding hydrogens is 453 g/mol.